The zero-order valence-corrected chi connectivity index (χ0v) is 19.7. The van der Waals surface area contributed by atoms with E-state index >= 15 is 0 Å². The summed E-state index contributed by atoms with van der Waals surface area (Å²) in [6.07, 6.45) is 15.7. The first-order chi connectivity index (χ1) is 12.2. The topological polar surface area (TPSA) is 40.5 Å². The van der Waals surface area contributed by atoms with E-state index in [1.54, 1.807) is 3.59 Å². The number of hydrogen-bond donors (Lipinski definition) is 2. The fourth-order valence-electron chi connectivity index (χ4n) is 3.35. The summed E-state index contributed by atoms with van der Waals surface area (Å²) in [5, 5.41) is 18.2. The van der Waals surface area contributed by atoms with Crippen LogP contribution in [0, 0.1) is 11.8 Å². The minimum absolute atomic E-state index is 0.126. The van der Waals surface area contributed by atoms with Gasteiger partial charge in [0.05, 0.1) is 0 Å². The molecule has 0 unspecified atom stereocenters. The van der Waals surface area contributed by atoms with Crippen LogP contribution in [0.5, 0.6) is 0 Å². The zero-order chi connectivity index (χ0) is 18.8. The van der Waals surface area contributed by atoms with Gasteiger partial charge in [0.15, 0.2) is 0 Å². The summed E-state index contributed by atoms with van der Waals surface area (Å²) in [7, 11) is 0. The van der Waals surface area contributed by atoms with Gasteiger partial charge in [0.25, 0.3) is 0 Å². The van der Waals surface area contributed by atoms with E-state index in [1.165, 1.54) is 51.8 Å². The van der Waals surface area contributed by atoms with Gasteiger partial charge in [-0.1, -0.05) is 0 Å². The van der Waals surface area contributed by atoms with Gasteiger partial charge in [0.2, 0.25) is 0 Å². The van der Waals surface area contributed by atoms with Crippen LogP contribution in [0.25, 0.3) is 0 Å². The van der Waals surface area contributed by atoms with Crippen molar-refractivity contribution in [1.29, 1.82) is 0 Å². The van der Waals surface area contributed by atoms with E-state index in [-0.39, 0.29) is 13.2 Å². The van der Waals surface area contributed by atoms with Crippen molar-refractivity contribution in [2.45, 2.75) is 85.4 Å². The summed E-state index contributed by atoms with van der Waals surface area (Å²) in [6, 6.07) is 0. The first-order valence-electron chi connectivity index (χ1n) is 10.3. The quantitative estimate of drug-likeness (QED) is 0.203. The molecule has 0 aromatic carbocycles. The Bertz CT molecular complexity index is 407. The first-order valence-corrected chi connectivity index (χ1v) is 17.8. The molecule has 0 heterocycles. The molecule has 0 aliphatic rings. The van der Waals surface area contributed by atoms with E-state index < -0.39 is 18.4 Å². The number of unbranched alkanes of at least 4 members (excludes halogenated alkanes) is 3. The Hall–Kier alpha value is -0.241. The van der Waals surface area contributed by atoms with Gasteiger partial charge >= 0.3 is 161 Å². The summed E-state index contributed by atoms with van der Waals surface area (Å²) in [4.78, 5) is 0. The predicted molar refractivity (Wildman–Crippen MR) is 113 cm³/mol. The second-order valence-electron chi connectivity index (χ2n) is 6.89. The molecular weight excluding hydrogens is 415 g/mol. The van der Waals surface area contributed by atoms with E-state index in [0.29, 0.717) is 6.42 Å². The molecule has 0 aliphatic carbocycles. The summed E-state index contributed by atoms with van der Waals surface area (Å²) in [5.74, 6) is 6.06. The molecule has 0 aromatic rings. The molecule has 0 aromatic heterocycles. The molecule has 0 saturated heterocycles. The molecular formula is C22H40O2Sn. The van der Waals surface area contributed by atoms with Gasteiger partial charge in [-0.2, -0.15) is 0 Å². The van der Waals surface area contributed by atoms with Crippen LogP contribution in [0.1, 0.15) is 72.1 Å². The van der Waals surface area contributed by atoms with Crippen molar-refractivity contribution in [2.24, 2.45) is 0 Å². The second-order valence-corrected chi connectivity index (χ2v) is 20.1. The molecule has 144 valence electrons. The molecule has 0 fully saturated rings. The van der Waals surface area contributed by atoms with Crippen LogP contribution in [-0.2, 0) is 0 Å². The second kappa shape index (κ2) is 17.2. The van der Waals surface area contributed by atoms with Gasteiger partial charge in [0, 0.05) is 0 Å². The Morgan fingerprint density at radius 1 is 0.880 bits per heavy atom. The van der Waals surface area contributed by atoms with Crippen molar-refractivity contribution in [2.75, 3.05) is 13.2 Å². The van der Waals surface area contributed by atoms with Crippen LogP contribution < -0.4 is 0 Å². The van der Waals surface area contributed by atoms with Crippen LogP contribution in [0.2, 0.25) is 13.3 Å². The fourth-order valence-corrected chi connectivity index (χ4v) is 19.7. The minimum atomic E-state index is -2.45. The summed E-state index contributed by atoms with van der Waals surface area (Å²) < 4.78 is 5.85. The molecule has 0 rings (SSSR count). The number of hydrogen-bond acceptors (Lipinski definition) is 2. The Balaban J connectivity index is 5.61. The molecule has 25 heavy (non-hydrogen) atoms. The molecule has 0 radical (unpaired) electrons. The van der Waals surface area contributed by atoms with E-state index in [4.69, 9.17) is 5.11 Å². The molecule has 2 N–H and O–H groups in total. The predicted octanol–water partition coefficient (Wildman–Crippen LogP) is 5.63. The van der Waals surface area contributed by atoms with Crippen molar-refractivity contribution < 1.29 is 10.2 Å². The number of rotatable bonds is 14. The summed E-state index contributed by atoms with van der Waals surface area (Å²) in [6.45, 7) is 7.24. The van der Waals surface area contributed by atoms with Crippen molar-refractivity contribution in [3.63, 3.8) is 0 Å². The van der Waals surface area contributed by atoms with Crippen LogP contribution in [-0.4, -0.2) is 41.8 Å². The molecule has 0 aliphatic heterocycles. The molecule has 0 saturated carbocycles. The van der Waals surface area contributed by atoms with E-state index in [2.05, 4.69) is 44.8 Å². The van der Waals surface area contributed by atoms with Crippen LogP contribution >= 0.6 is 0 Å². The summed E-state index contributed by atoms with van der Waals surface area (Å²) >= 11 is -2.45. The van der Waals surface area contributed by atoms with E-state index in [9.17, 15) is 5.11 Å². The van der Waals surface area contributed by atoms with Gasteiger partial charge < -0.3 is 0 Å². The zero-order valence-electron chi connectivity index (χ0n) is 16.8. The third kappa shape index (κ3) is 11.2. The van der Waals surface area contributed by atoms with Crippen LogP contribution in [0.4, 0.5) is 0 Å². The molecule has 3 heteroatoms. The van der Waals surface area contributed by atoms with Crippen LogP contribution in [0.3, 0.4) is 0 Å². The van der Waals surface area contributed by atoms with Gasteiger partial charge in [-0.05, 0) is 0 Å². The van der Waals surface area contributed by atoms with Gasteiger partial charge in [-0.25, -0.2) is 0 Å². The standard InChI is InChI=1S/C10H13O2.3C4H9.Sn/c11-9-7-5-3-1-2-4-6-8-10-12;3*1-3-4-2;/h1-2,5,11-12H,7-10H2;3*1,3-4H2,2H3;/b2-1-,5-3?;;;;. The monoisotopic (exact) mass is 456 g/mol. The molecule has 0 atom stereocenters. The van der Waals surface area contributed by atoms with E-state index in [0.717, 1.165) is 6.42 Å². The molecule has 0 amide bonds. The third-order valence-corrected chi connectivity index (χ3v) is 20.6. The average Bonchev–Trinajstić information content (AvgIpc) is 2.64. The average molecular weight is 455 g/mol. The number of aliphatic hydroxyl groups is 2. The van der Waals surface area contributed by atoms with Crippen molar-refractivity contribution >= 4 is 18.4 Å². The van der Waals surface area contributed by atoms with Crippen molar-refractivity contribution in [3.8, 4) is 11.8 Å². The SMILES string of the molecule is CCC[CH2][Sn]([CH2]CCC)([CH2]CCC)[C](/C=C\C#CCCO)=C/CCO. The van der Waals surface area contributed by atoms with E-state index in [1.807, 2.05) is 6.08 Å². The summed E-state index contributed by atoms with van der Waals surface area (Å²) in [5.41, 5.74) is 0. The maximum atomic E-state index is 9.35. The maximum absolute atomic E-state index is 9.35. The fraction of sp³-hybridized carbons (Fsp3) is 0.727. The molecule has 2 nitrogen and oxygen atoms in total. The van der Waals surface area contributed by atoms with Crippen molar-refractivity contribution in [1.82, 2.24) is 0 Å². The molecule has 0 spiro atoms. The first kappa shape index (κ1) is 24.8. The van der Waals surface area contributed by atoms with Gasteiger partial charge in [-0.3, -0.25) is 0 Å². The number of allylic oxidation sites excluding steroid dienone is 3. The van der Waals surface area contributed by atoms with Gasteiger partial charge in [-0.15, -0.1) is 0 Å². The molecule has 0 bridgehead atoms. The Kier molecular flexibility index (Phi) is 17.0. The Morgan fingerprint density at radius 2 is 1.44 bits per heavy atom. The third-order valence-electron chi connectivity index (χ3n) is 4.82. The van der Waals surface area contributed by atoms with Crippen LogP contribution in [0.15, 0.2) is 21.8 Å². The Labute approximate surface area is 160 Å². The number of aliphatic hydroxyl groups excluding tert-OH is 2. The normalized spacial score (nSPS) is 12.4. The Morgan fingerprint density at radius 3 is 1.88 bits per heavy atom. The van der Waals surface area contributed by atoms with Crippen molar-refractivity contribution in [3.05, 3.63) is 21.8 Å². The van der Waals surface area contributed by atoms with Gasteiger partial charge in [0.1, 0.15) is 0 Å².